The lowest BCUT2D eigenvalue weighted by Crippen LogP contribution is -2.34. The van der Waals surface area contributed by atoms with E-state index in [2.05, 4.69) is 25.9 Å². The fourth-order valence-corrected chi connectivity index (χ4v) is 4.18. The van der Waals surface area contributed by atoms with Gasteiger partial charge >= 0.3 is 6.03 Å². The standard InChI is InChI=1S/C26H27ClN10O2/c1-15(33-23-18(13-28)22(29)31-14-32-23)24-35-20-9-5-8-19(27)21(20)25(38)37(24)17-7-4-6-16(12-17)34-26(39)30-10-11-36(2)3/h4-9,12,14-15H,10-11H2,1-3H3,(H2,30,34,39)(H3,29,31,32,33). The molecule has 2 aromatic heterocycles. The van der Waals surface area contributed by atoms with Crippen molar-refractivity contribution >= 4 is 45.9 Å². The van der Waals surface area contributed by atoms with Gasteiger partial charge in [-0.05, 0) is 51.4 Å². The summed E-state index contributed by atoms with van der Waals surface area (Å²) >= 11 is 6.41. The topological polar surface area (TPSA) is 167 Å². The number of nitrogens with two attached hydrogens (primary N) is 1. The lowest BCUT2D eigenvalue weighted by Gasteiger charge is -2.21. The van der Waals surface area contributed by atoms with Crippen LogP contribution in [0.1, 0.15) is 24.4 Å². The summed E-state index contributed by atoms with van der Waals surface area (Å²) in [5, 5.41) is 18.7. The fraction of sp³-hybridized carbons (Fsp3) is 0.231. The first kappa shape index (κ1) is 27.3. The smallest absolute Gasteiger partial charge is 0.319 e. The Labute approximate surface area is 229 Å². The van der Waals surface area contributed by atoms with Gasteiger partial charge in [0.25, 0.3) is 5.56 Å². The van der Waals surface area contributed by atoms with Crippen molar-refractivity contribution in [2.24, 2.45) is 0 Å². The number of nitrogens with zero attached hydrogens (tertiary/aromatic N) is 6. The Morgan fingerprint density at radius 3 is 2.74 bits per heavy atom. The second-order valence-corrected chi connectivity index (χ2v) is 9.35. The van der Waals surface area contributed by atoms with Crippen LogP contribution in [0.3, 0.4) is 0 Å². The van der Waals surface area contributed by atoms with E-state index >= 15 is 0 Å². The molecule has 0 aliphatic heterocycles. The predicted octanol–water partition coefficient (Wildman–Crippen LogP) is 3.14. The van der Waals surface area contributed by atoms with Crippen LogP contribution >= 0.6 is 11.6 Å². The van der Waals surface area contributed by atoms with Gasteiger partial charge in [0.15, 0.2) is 0 Å². The number of anilines is 3. The number of nitrogen functional groups attached to an aromatic ring is 1. The zero-order chi connectivity index (χ0) is 28.1. The number of hydrogen-bond acceptors (Lipinski definition) is 9. The molecule has 0 saturated carbocycles. The van der Waals surface area contributed by atoms with Crippen molar-refractivity contribution in [2.45, 2.75) is 13.0 Å². The summed E-state index contributed by atoms with van der Waals surface area (Å²) < 4.78 is 1.41. The van der Waals surface area contributed by atoms with E-state index in [0.717, 1.165) is 0 Å². The number of fused-ring (bicyclic) bond motifs is 1. The molecule has 0 spiro atoms. The zero-order valence-corrected chi connectivity index (χ0v) is 22.3. The summed E-state index contributed by atoms with van der Waals surface area (Å²) in [4.78, 5) is 41.0. The van der Waals surface area contributed by atoms with Crippen LogP contribution in [0.5, 0.6) is 0 Å². The van der Waals surface area contributed by atoms with E-state index in [1.165, 1.54) is 10.9 Å². The van der Waals surface area contributed by atoms with Gasteiger partial charge in [-0.3, -0.25) is 9.36 Å². The molecule has 4 rings (SSSR count). The van der Waals surface area contributed by atoms with E-state index in [9.17, 15) is 14.9 Å². The highest BCUT2D eigenvalue weighted by molar-refractivity contribution is 6.35. The molecule has 4 aromatic rings. The van der Waals surface area contributed by atoms with Crippen molar-refractivity contribution in [2.75, 3.05) is 43.6 Å². The molecule has 1 atom stereocenters. The SMILES string of the molecule is CC(Nc1ncnc(N)c1C#N)c1nc2cccc(Cl)c2c(=O)n1-c1cccc(NC(=O)NCCN(C)C)c1. The van der Waals surface area contributed by atoms with E-state index < -0.39 is 11.6 Å². The Morgan fingerprint density at radius 1 is 1.23 bits per heavy atom. The van der Waals surface area contributed by atoms with E-state index in [0.29, 0.717) is 35.8 Å². The van der Waals surface area contributed by atoms with Gasteiger partial charge in [-0.1, -0.05) is 23.7 Å². The molecule has 2 aromatic carbocycles. The Kier molecular flexibility index (Phi) is 8.24. The van der Waals surface area contributed by atoms with Crippen molar-refractivity contribution in [3.63, 3.8) is 0 Å². The van der Waals surface area contributed by atoms with Gasteiger partial charge in [-0.2, -0.15) is 5.26 Å². The average molecular weight is 547 g/mol. The van der Waals surface area contributed by atoms with Crippen LogP contribution in [0, 0.1) is 11.3 Å². The van der Waals surface area contributed by atoms with Crippen molar-refractivity contribution in [3.8, 4) is 11.8 Å². The van der Waals surface area contributed by atoms with Crippen LogP contribution in [0.4, 0.5) is 22.1 Å². The Hall–Kier alpha value is -4.73. The lowest BCUT2D eigenvalue weighted by atomic mass is 10.2. The number of hydrogen-bond donors (Lipinski definition) is 4. The van der Waals surface area contributed by atoms with E-state index in [1.54, 1.807) is 49.4 Å². The number of nitrogens with one attached hydrogen (secondary N) is 3. The number of benzene rings is 2. The third-order valence-corrected chi connectivity index (χ3v) is 6.12. The molecule has 1 unspecified atom stereocenters. The summed E-state index contributed by atoms with van der Waals surface area (Å²) in [6.07, 6.45) is 1.24. The number of carbonyl (C=O) groups is 1. The maximum absolute atomic E-state index is 13.9. The molecule has 0 aliphatic rings. The second kappa shape index (κ2) is 11.8. The molecule has 0 aliphatic carbocycles. The molecule has 39 heavy (non-hydrogen) atoms. The maximum atomic E-state index is 13.9. The van der Waals surface area contributed by atoms with Gasteiger partial charge in [0, 0.05) is 18.8 Å². The van der Waals surface area contributed by atoms with Crippen molar-refractivity contribution in [1.29, 1.82) is 5.26 Å². The second-order valence-electron chi connectivity index (χ2n) is 8.94. The molecule has 0 bridgehead atoms. The van der Waals surface area contributed by atoms with Crippen LogP contribution in [-0.4, -0.2) is 57.6 Å². The minimum Gasteiger partial charge on any atom is -0.382 e. The Balaban J connectivity index is 1.78. The minimum absolute atomic E-state index is 0.0282. The average Bonchev–Trinajstić information content (AvgIpc) is 2.88. The molecule has 13 heteroatoms. The van der Waals surface area contributed by atoms with Gasteiger partial charge in [0.05, 0.1) is 27.7 Å². The predicted molar refractivity (Wildman–Crippen MR) is 151 cm³/mol. The number of likely N-dealkylation sites (N-methyl/N-ethyl adjacent to an activating group) is 1. The lowest BCUT2D eigenvalue weighted by molar-refractivity contribution is 0.250. The van der Waals surface area contributed by atoms with Crippen LogP contribution in [0.25, 0.3) is 16.6 Å². The third kappa shape index (κ3) is 6.06. The first-order valence-corrected chi connectivity index (χ1v) is 12.4. The van der Waals surface area contributed by atoms with E-state index in [1.807, 2.05) is 25.1 Å². The molecule has 200 valence electrons. The monoisotopic (exact) mass is 546 g/mol. The van der Waals surface area contributed by atoms with Crippen molar-refractivity contribution in [1.82, 2.24) is 29.7 Å². The maximum Gasteiger partial charge on any atom is 0.319 e. The molecular weight excluding hydrogens is 520 g/mol. The van der Waals surface area contributed by atoms with Crippen LogP contribution in [0.2, 0.25) is 5.02 Å². The van der Waals surface area contributed by atoms with Gasteiger partial charge in [0.1, 0.15) is 35.4 Å². The van der Waals surface area contributed by atoms with Crippen LogP contribution < -0.4 is 27.2 Å². The normalized spacial score (nSPS) is 11.7. The summed E-state index contributed by atoms with van der Waals surface area (Å²) in [6, 6.07) is 12.9. The summed E-state index contributed by atoms with van der Waals surface area (Å²) in [7, 11) is 3.83. The molecule has 0 fully saturated rings. The molecule has 0 radical (unpaired) electrons. The number of halogens is 1. The summed E-state index contributed by atoms with van der Waals surface area (Å²) in [5.74, 6) is 0.554. The molecule has 5 N–H and O–H groups in total. The van der Waals surface area contributed by atoms with E-state index in [-0.39, 0.29) is 33.6 Å². The Morgan fingerprint density at radius 2 is 2.00 bits per heavy atom. The molecule has 2 heterocycles. The number of carbonyl (C=O) groups excluding carboxylic acids is 1. The van der Waals surface area contributed by atoms with Crippen LogP contribution in [0.15, 0.2) is 53.6 Å². The molecule has 2 amide bonds. The van der Waals surface area contributed by atoms with Crippen LogP contribution in [-0.2, 0) is 0 Å². The third-order valence-electron chi connectivity index (χ3n) is 5.81. The largest absolute Gasteiger partial charge is 0.382 e. The molecule has 0 saturated heterocycles. The number of amides is 2. The summed E-state index contributed by atoms with van der Waals surface area (Å²) in [5.41, 5.74) is 6.85. The minimum atomic E-state index is -0.617. The first-order valence-electron chi connectivity index (χ1n) is 12.0. The van der Waals surface area contributed by atoms with Crippen molar-refractivity contribution < 1.29 is 4.79 Å². The number of rotatable bonds is 8. The van der Waals surface area contributed by atoms with E-state index in [4.69, 9.17) is 22.3 Å². The van der Waals surface area contributed by atoms with Gasteiger partial charge in [-0.15, -0.1) is 0 Å². The summed E-state index contributed by atoms with van der Waals surface area (Å²) in [6.45, 7) is 2.93. The number of aromatic nitrogens is 4. The fourth-order valence-electron chi connectivity index (χ4n) is 3.93. The van der Waals surface area contributed by atoms with Gasteiger partial charge in [-0.25, -0.2) is 19.7 Å². The molecule has 12 nitrogen and oxygen atoms in total. The highest BCUT2D eigenvalue weighted by Crippen LogP contribution is 2.26. The van der Waals surface area contributed by atoms with Crippen molar-refractivity contribution in [3.05, 3.63) is 75.6 Å². The Bertz CT molecular complexity index is 1630. The highest BCUT2D eigenvalue weighted by atomic mass is 35.5. The first-order chi connectivity index (χ1) is 18.7. The molecular formula is C26H27ClN10O2. The van der Waals surface area contributed by atoms with Gasteiger partial charge < -0.3 is 26.6 Å². The number of urea groups is 1. The zero-order valence-electron chi connectivity index (χ0n) is 21.6. The number of nitriles is 1. The van der Waals surface area contributed by atoms with Gasteiger partial charge in [0.2, 0.25) is 0 Å². The quantitative estimate of drug-likeness (QED) is 0.259. The highest BCUT2D eigenvalue weighted by Gasteiger charge is 2.21.